The SMILES string of the molecule is CCCC(CCC)N/C=C(CC)\C(N)=N\c1ncc(C(F)(F)F)c(NCCCN2CCNC2=O)n1. The number of rotatable bonds is 14. The Labute approximate surface area is 204 Å². The lowest BCUT2D eigenvalue weighted by Crippen LogP contribution is -2.30. The minimum atomic E-state index is -4.63. The van der Waals surface area contributed by atoms with Crippen LogP contribution in [0.2, 0.25) is 0 Å². The van der Waals surface area contributed by atoms with Crippen LogP contribution >= 0.6 is 0 Å². The number of anilines is 1. The predicted molar refractivity (Wildman–Crippen MR) is 132 cm³/mol. The van der Waals surface area contributed by atoms with Crippen molar-refractivity contribution in [2.45, 2.75) is 71.5 Å². The van der Waals surface area contributed by atoms with E-state index in [0.717, 1.165) is 31.3 Å². The molecule has 5 N–H and O–H groups in total. The van der Waals surface area contributed by atoms with Crippen molar-refractivity contribution in [2.24, 2.45) is 10.7 Å². The Kier molecular flexibility index (Phi) is 11.1. The summed E-state index contributed by atoms with van der Waals surface area (Å²) in [4.78, 5) is 25.1. The number of nitrogens with two attached hydrogens (primary N) is 1. The molecule has 0 radical (unpaired) electrons. The van der Waals surface area contributed by atoms with E-state index < -0.39 is 11.7 Å². The number of aromatic nitrogens is 2. The van der Waals surface area contributed by atoms with E-state index in [1.165, 1.54) is 0 Å². The fourth-order valence-corrected chi connectivity index (χ4v) is 3.73. The van der Waals surface area contributed by atoms with Crippen LogP contribution in [0.1, 0.15) is 64.9 Å². The predicted octanol–water partition coefficient (Wildman–Crippen LogP) is 4.16. The minimum Gasteiger partial charge on any atom is -0.388 e. The molecule has 0 spiro atoms. The summed E-state index contributed by atoms with van der Waals surface area (Å²) in [5.41, 5.74) is 5.89. The van der Waals surface area contributed by atoms with E-state index in [9.17, 15) is 18.0 Å². The lowest BCUT2D eigenvalue weighted by molar-refractivity contribution is -0.137. The normalized spacial score (nSPS) is 15.1. The second-order valence-corrected chi connectivity index (χ2v) is 8.39. The Hall–Kier alpha value is -3.05. The largest absolute Gasteiger partial charge is 0.421 e. The van der Waals surface area contributed by atoms with Gasteiger partial charge in [0, 0.05) is 50.2 Å². The molecule has 0 atom stereocenters. The fraction of sp³-hybridized carbons (Fsp3) is 0.652. The third kappa shape index (κ3) is 8.91. The maximum atomic E-state index is 13.5. The third-order valence-electron chi connectivity index (χ3n) is 5.62. The second kappa shape index (κ2) is 13.7. The van der Waals surface area contributed by atoms with Crippen molar-refractivity contribution in [1.29, 1.82) is 0 Å². The van der Waals surface area contributed by atoms with E-state index in [-0.39, 0.29) is 30.2 Å². The van der Waals surface area contributed by atoms with Crippen molar-refractivity contribution in [2.75, 3.05) is 31.5 Å². The van der Waals surface area contributed by atoms with Gasteiger partial charge in [0.15, 0.2) is 0 Å². The monoisotopic (exact) mass is 498 g/mol. The maximum Gasteiger partial charge on any atom is 0.421 e. The van der Waals surface area contributed by atoms with Gasteiger partial charge in [0.2, 0.25) is 0 Å². The molecule has 196 valence electrons. The Morgan fingerprint density at radius 1 is 1.31 bits per heavy atom. The van der Waals surface area contributed by atoms with Crippen LogP contribution in [0.15, 0.2) is 23.0 Å². The second-order valence-electron chi connectivity index (χ2n) is 8.39. The van der Waals surface area contributed by atoms with Crippen LogP contribution in [0, 0.1) is 0 Å². The highest BCUT2D eigenvalue weighted by molar-refractivity contribution is 5.98. The first-order chi connectivity index (χ1) is 16.7. The molecule has 2 heterocycles. The number of carbonyl (C=O) groups excluding carboxylic acids is 1. The average Bonchev–Trinajstić information content (AvgIpc) is 3.21. The molecule has 12 heteroatoms. The molecule has 0 aliphatic carbocycles. The molecule has 1 saturated heterocycles. The van der Waals surface area contributed by atoms with Crippen LogP contribution in [-0.4, -0.2) is 59.0 Å². The van der Waals surface area contributed by atoms with Crippen LogP contribution in [0.5, 0.6) is 0 Å². The number of aliphatic imine (C=N–C) groups is 1. The standard InChI is InChI=1S/C23H37F3N8O/c1-4-8-17(9-5-2)30-14-16(6-3)19(27)32-21-31-15-18(23(24,25)26)20(33-21)28-10-7-12-34-13-11-29-22(34)35/h14-15,17,30H,4-13H2,1-3H3,(H,29,35)(H3,27,28,31,32,33)/b16-14-. The molecular weight excluding hydrogens is 461 g/mol. The van der Waals surface area contributed by atoms with Crippen LogP contribution in [0.4, 0.5) is 29.7 Å². The van der Waals surface area contributed by atoms with Gasteiger partial charge < -0.3 is 26.6 Å². The zero-order valence-electron chi connectivity index (χ0n) is 20.7. The number of nitrogens with zero attached hydrogens (tertiary/aromatic N) is 4. The number of urea groups is 1. The van der Waals surface area contributed by atoms with E-state index in [1.807, 2.05) is 13.1 Å². The lowest BCUT2D eigenvalue weighted by atomic mass is 10.1. The number of amidine groups is 1. The van der Waals surface area contributed by atoms with Gasteiger partial charge in [0.1, 0.15) is 17.2 Å². The van der Waals surface area contributed by atoms with Crippen LogP contribution in [0.3, 0.4) is 0 Å². The summed E-state index contributed by atoms with van der Waals surface area (Å²) in [6.45, 7) is 7.95. The minimum absolute atomic E-state index is 0.150. The summed E-state index contributed by atoms with van der Waals surface area (Å²) in [5.74, 6) is -0.372. The zero-order valence-corrected chi connectivity index (χ0v) is 20.7. The molecule has 0 bridgehead atoms. The summed E-state index contributed by atoms with van der Waals surface area (Å²) < 4.78 is 40.4. The first-order valence-corrected chi connectivity index (χ1v) is 12.2. The van der Waals surface area contributed by atoms with Crippen molar-refractivity contribution in [3.63, 3.8) is 0 Å². The third-order valence-corrected chi connectivity index (χ3v) is 5.62. The van der Waals surface area contributed by atoms with E-state index in [1.54, 1.807) is 4.90 Å². The fourth-order valence-electron chi connectivity index (χ4n) is 3.73. The molecule has 1 aromatic rings. The summed E-state index contributed by atoms with van der Waals surface area (Å²) >= 11 is 0. The Morgan fingerprint density at radius 3 is 2.60 bits per heavy atom. The van der Waals surface area contributed by atoms with E-state index >= 15 is 0 Å². The number of nitrogens with one attached hydrogen (secondary N) is 3. The highest BCUT2D eigenvalue weighted by Crippen LogP contribution is 2.34. The Morgan fingerprint density at radius 2 is 2.03 bits per heavy atom. The summed E-state index contributed by atoms with van der Waals surface area (Å²) in [6.07, 6.45) is 3.11. The van der Waals surface area contributed by atoms with Gasteiger partial charge >= 0.3 is 12.2 Å². The highest BCUT2D eigenvalue weighted by atomic mass is 19.4. The smallest absolute Gasteiger partial charge is 0.388 e. The van der Waals surface area contributed by atoms with Crippen molar-refractivity contribution in [3.8, 4) is 0 Å². The number of hydrogen-bond acceptors (Lipinski definition) is 6. The van der Waals surface area contributed by atoms with Gasteiger partial charge in [-0.1, -0.05) is 33.6 Å². The summed E-state index contributed by atoms with van der Waals surface area (Å²) in [6, 6.07) is 0.157. The van der Waals surface area contributed by atoms with Gasteiger partial charge in [-0.2, -0.15) is 23.1 Å². The molecule has 0 aromatic carbocycles. The average molecular weight is 499 g/mol. The van der Waals surface area contributed by atoms with E-state index in [4.69, 9.17) is 5.73 Å². The van der Waals surface area contributed by atoms with E-state index in [0.29, 0.717) is 44.7 Å². The lowest BCUT2D eigenvalue weighted by Gasteiger charge is -2.17. The quantitative estimate of drug-likeness (QED) is 0.174. The van der Waals surface area contributed by atoms with Gasteiger partial charge in [0.25, 0.3) is 5.95 Å². The van der Waals surface area contributed by atoms with Gasteiger partial charge in [-0.25, -0.2) is 9.78 Å². The van der Waals surface area contributed by atoms with Crippen LogP contribution in [-0.2, 0) is 6.18 Å². The molecular formula is C23H37F3N8O. The van der Waals surface area contributed by atoms with E-state index in [2.05, 4.69) is 44.8 Å². The number of alkyl halides is 3. The van der Waals surface area contributed by atoms with Gasteiger partial charge in [-0.15, -0.1) is 0 Å². The van der Waals surface area contributed by atoms with Crippen LogP contribution < -0.4 is 21.7 Å². The maximum absolute atomic E-state index is 13.5. The molecule has 0 saturated carbocycles. The molecule has 1 aromatic heterocycles. The molecule has 2 amide bonds. The Bertz CT molecular complexity index is 882. The van der Waals surface area contributed by atoms with Gasteiger partial charge in [-0.3, -0.25) is 0 Å². The van der Waals surface area contributed by atoms with Crippen molar-refractivity contribution in [1.82, 2.24) is 25.5 Å². The molecule has 0 unspecified atom stereocenters. The molecule has 35 heavy (non-hydrogen) atoms. The number of carbonyl (C=O) groups is 1. The Balaban J connectivity index is 2.14. The molecule has 2 rings (SSSR count). The van der Waals surface area contributed by atoms with Crippen molar-refractivity contribution >= 4 is 23.6 Å². The number of amides is 2. The first-order valence-electron chi connectivity index (χ1n) is 12.2. The van der Waals surface area contributed by atoms with Crippen LogP contribution in [0.25, 0.3) is 0 Å². The highest BCUT2D eigenvalue weighted by Gasteiger charge is 2.35. The zero-order chi connectivity index (χ0) is 25.8. The van der Waals surface area contributed by atoms with Crippen molar-refractivity contribution in [3.05, 3.63) is 23.5 Å². The molecule has 1 fully saturated rings. The number of hydrogen-bond donors (Lipinski definition) is 4. The summed E-state index contributed by atoms with van der Waals surface area (Å²) in [7, 11) is 0. The van der Waals surface area contributed by atoms with Gasteiger partial charge in [-0.05, 0) is 25.7 Å². The summed E-state index contributed by atoms with van der Waals surface area (Å²) in [5, 5.41) is 8.79. The van der Waals surface area contributed by atoms with Crippen molar-refractivity contribution < 1.29 is 18.0 Å². The molecule has 1 aliphatic heterocycles. The molecule has 9 nitrogen and oxygen atoms in total. The topological polar surface area (TPSA) is 121 Å². The number of halogens is 3. The van der Waals surface area contributed by atoms with Gasteiger partial charge in [0.05, 0.1) is 0 Å². The first kappa shape index (κ1) is 28.2. The molecule has 1 aliphatic rings.